The van der Waals surface area contributed by atoms with Gasteiger partial charge >= 0.3 is 0 Å². The number of nitrogens with zero attached hydrogens (tertiary/aromatic N) is 3. The molecule has 0 radical (unpaired) electrons. The highest BCUT2D eigenvalue weighted by molar-refractivity contribution is 5.57. The van der Waals surface area contributed by atoms with Crippen LogP contribution >= 0.6 is 0 Å². The molecular weight excluding hydrogens is 252 g/mol. The van der Waals surface area contributed by atoms with Gasteiger partial charge < -0.3 is 10.5 Å². The fraction of sp³-hybridized carbons (Fsp3) is 0.467. The molecule has 0 amide bonds. The minimum atomic E-state index is 0.345. The molecule has 1 aromatic heterocycles. The van der Waals surface area contributed by atoms with E-state index in [1.54, 1.807) is 7.11 Å². The first-order valence-corrected chi connectivity index (χ1v) is 7.06. The van der Waals surface area contributed by atoms with Crippen LogP contribution in [0.1, 0.15) is 31.7 Å². The van der Waals surface area contributed by atoms with E-state index in [0.29, 0.717) is 12.1 Å². The number of hydrogen-bond donors (Lipinski definition) is 1. The summed E-state index contributed by atoms with van der Waals surface area (Å²) in [6, 6.07) is 8.04. The first-order chi connectivity index (χ1) is 9.76. The van der Waals surface area contributed by atoms with Gasteiger partial charge in [-0.3, -0.25) is 0 Å². The van der Waals surface area contributed by atoms with Crippen molar-refractivity contribution in [2.45, 2.75) is 37.8 Å². The molecule has 2 unspecified atom stereocenters. The third kappa shape index (κ3) is 2.67. The second-order valence-corrected chi connectivity index (χ2v) is 5.35. The quantitative estimate of drug-likeness (QED) is 0.872. The highest BCUT2D eigenvalue weighted by atomic mass is 16.5. The van der Waals surface area contributed by atoms with Crippen molar-refractivity contribution in [2.75, 3.05) is 12.8 Å². The number of aromatic nitrogens is 3. The fourth-order valence-electron chi connectivity index (χ4n) is 2.79. The molecule has 2 N–H and O–H groups in total. The first kappa shape index (κ1) is 13.1. The SMILES string of the molecule is COC1CCCC(n2cnc(-c3ccc(N)cc3)n2)C1. The fourth-order valence-corrected chi connectivity index (χ4v) is 2.79. The Hall–Kier alpha value is -1.88. The minimum Gasteiger partial charge on any atom is -0.399 e. The van der Waals surface area contributed by atoms with Gasteiger partial charge in [-0.1, -0.05) is 0 Å². The molecule has 0 spiro atoms. The highest BCUT2D eigenvalue weighted by Crippen LogP contribution is 2.29. The normalized spacial score (nSPS) is 22.9. The van der Waals surface area contributed by atoms with Gasteiger partial charge in [0.15, 0.2) is 5.82 Å². The van der Waals surface area contributed by atoms with Gasteiger partial charge in [0.05, 0.1) is 12.1 Å². The predicted octanol–water partition coefficient (Wildman–Crippen LogP) is 2.66. The van der Waals surface area contributed by atoms with Crippen LogP contribution < -0.4 is 5.73 Å². The number of rotatable bonds is 3. The Kier molecular flexibility index (Phi) is 3.69. The zero-order valence-electron chi connectivity index (χ0n) is 11.7. The Morgan fingerprint density at radius 1 is 1.25 bits per heavy atom. The molecule has 0 aliphatic heterocycles. The number of anilines is 1. The number of nitrogens with two attached hydrogens (primary N) is 1. The highest BCUT2D eigenvalue weighted by Gasteiger charge is 2.24. The van der Waals surface area contributed by atoms with Crippen LogP contribution in [0.25, 0.3) is 11.4 Å². The van der Waals surface area contributed by atoms with Gasteiger partial charge in [0.2, 0.25) is 0 Å². The molecule has 2 aromatic rings. The van der Waals surface area contributed by atoms with Crippen LogP contribution in [0.4, 0.5) is 5.69 Å². The maximum Gasteiger partial charge on any atom is 0.181 e. The molecule has 3 rings (SSSR count). The smallest absolute Gasteiger partial charge is 0.181 e. The molecular formula is C15H20N4O. The predicted molar refractivity (Wildman–Crippen MR) is 78.2 cm³/mol. The summed E-state index contributed by atoms with van der Waals surface area (Å²) >= 11 is 0. The molecule has 20 heavy (non-hydrogen) atoms. The van der Waals surface area contributed by atoms with Crippen molar-refractivity contribution < 1.29 is 4.74 Å². The van der Waals surface area contributed by atoms with Crippen LogP contribution in [0.5, 0.6) is 0 Å². The van der Waals surface area contributed by atoms with Crippen LogP contribution in [0, 0.1) is 0 Å². The molecule has 0 bridgehead atoms. The molecule has 5 heteroatoms. The Morgan fingerprint density at radius 2 is 2.05 bits per heavy atom. The lowest BCUT2D eigenvalue weighted by Gasteiger charge is -2.27. The maximum atomic E-state index is 5.70. The van der Waals surface area contributed by atoms with Crippen molar-refractivity contribution in [3.8, 4) is 11.4 Å². The molecule has 106 valence electrons. The number of benzene rings is 1. The summed E-state index contributed by atoms with van der Waals surface area (Å²) in [5.41, 5.74) is 7.45. The van der Waals surface area contributed by atoms with Crippen LogP contribution in [-0.4, -0.2) is 28.0 Å². The van der Waals surface area contributed by atoms with Crippen molar-refractivity contribution in [3.05, 3.63) is 30.6 Å². The third-order valence-corrected chi connectivity index (χ3v) is 3.98. The molecule has 1 aliphatic carbocycles. The number of ether oxygens (including phenoxy) is 1. The summed E-state index contributed by atoms with van der Waals surface area (Å²) in [6.45, 7) is 0. The number of methoxy groups -OCH3 is 1. The average molecular weight is 272 g/mol. The first-order valence-electron chi connectivity index (χ1n) is 7.06. The van der Waals surface area contributed by atoms with Crippen LogP contribution in [0.15, 0.2) is 30.6 Å². The number of nitrogen functional groups attached to an aromatic ring is 1. The maximum absolute atomic E-state index is 5.70. The van der Waals surface area contributed by atoms with Gasteiger partial charge in [-0.2, -0.15) is 5.10 Å². The molecule has 2 atom stereocenters. The number of hydrogen-bond acceptors (Lipinski definition) is 4. The van der Waals surface area contributed by atoms with Gasteiger partial charge in [-0.05, 0) is 49.9 Å². The lowest BCUT2D eigenvalue weighted by atomic mass is 9.93. The van der Waals surface area contributed by atoms with E-state index in [1.807, 2.05) is 35.3 Å². The van der Waals surface area contributed by atoms with Gasteiger partial charge in [0.1, 0.15) is 6.33 Å². The zero-order chi connectivity index (χ0) is 13.9. The molecule has 1 saturated carbocycles. The molecule has 0 saturated heterocycles. The van der Waals surface area contributed by atoms with E-state index < -0.39 is 0 Å². The topological polar surface area (TPSA) is 66.0 Å². The minimum absolute atomic E-state index is 0.345. The van der Waals surface area contributed by atoms with Crippen molar-refractivity contribution in [3.63, 3.8) is 0 Å². The monoisotopic (exact) mass is 272 g/mol. The summed E-state index contributed by atoms with van der Waals surface area (Å²) in [6.07, 6.45) is 6.66. The summed E-state index contributed by atoms with van der Waals surface area (Å²) in [5.74, 6) is 0.754. The van der Waals surface area contributed by atoms with Gasteiger partial charge in [-0.25, -0.2) is 9.67 Å². The Bertz CT molecular complexity index is 564. The lowest BCUT2D eigenvalue weighted by Crippen LogP contribution is -2.24. The van der Waals surface area contributed by atoms with E-state index in [4.69, 9.17) is 10.5 Å². The standard InChI is InChI=1S/C15H20N4O/c1-20-14-4-2-3-13(9-14)19-10-17-15(18-19)11-5-7-12(16)8-6-11/h5-8,10,13-14H,2-4,9,16H2,1H3. The van der Waals surface area contributed by atoms with E-state index in [1.165, 1.54) is 6.42 Å². The van der Waals surface area contributed by atoms with Crippen LogP contribution in [-0.2, 0) is 4.74 Å². The second-order valence-electron chi connectivity index (χ2n) is 5.35. The average Bonchev–Trinajstić information content (AvgIpc) is 2.98. The van der Waals surface area contributed by atoms with Crippen molar-refractivity contribution in [2.24, 2.45) is 0 Å². The van der Waals surface area contributed by atoms with E-state index >= 15 is 0 Å². The summed E-state index contributed by atoms with van der Waals surface area (Å²) in [4.78, 5) is 4.41. The van der Waals surface area contributed by atoms with E-state index in [2.05, 4.69) is 10.1 Å². The Morgan fingerprint density at radius 3 is 2.80 bits per heavy atom. The molecule has 1 heterocycles. The molecule has 5 nitrogen and oxygen atoms in total. The van der Waals surface area contributed by atoms with Gasteiger partial charge in [0, 0.05) is 18.4 Å². The van der Waals surface area contributed by atoms with Crippen molar-refractivity contribution >= 4 is 5.69 Å². The third-order valence-electron chi connectivity index (χ3n) is 3.98. The van der Waals surface area contributed by atoms with Crippen molar-refractivity contribution in [1.29, 1.82) is 0 Å². The summed E-state index contributed by atoms with van der Waals surface area (Å²) < 4.78 is 7.46. The Labute approximate surface area is 118 Å². The molecule has 1 aromatic carbocycles. The van der Waals surface area contributed by atoms with E-state index in [9.17, 15) is 0 Å². The Balaban J connectivity index is 1.78. The van der Waals surface area contributed by atoms with Crippen molar-refractivity contribution in [1.82, 2.24) is 14.8 Å². The van der Waals surface area contributed by atoms with E-state index in [0.717, 1.165) is 36.3 Å². The molecule has 1 aliphatic rings. The van der Waals surface area contributed by atoms with Crippen LogP contribution in [0.2, 0.25) is 0 Å². The van der Waals surface area contributed by atoms with Gasteiger partial charge in [0.25, 0.3) is 0 Å². The molecule has 1 fully saturated rings. The summed E-state index contributed by atoms with van der Waals surface area (Å²) in [7, 11) is 1.79. The van der Waals surface area contributed by atoms with Gasteiger partial charge in [-0.15, -0.1) is 0 Å². The second kappa shape index (κ2) is 5.63. The zero-order valence-corrected chi connectivity index (χ0v) is 11.7. The lowest BCUT2D eigenvalue weighted by molar-refractivity contribution is 0.0508. The van der Waals surface area contributed by atoms with E-state index in [-0.39, 0.29) is 0 Å². The largest absolute Gasteiger partial charge is 0.399 e. The summed E-state index contributed by atoms with van der Waals surface area (Å²) in [5, 5.41) is 4.61. The van der Waals surface area contributed by atoms with Crippen LogP contribution in [0.3, 0.4) is 0 Å².